The minimum absolute atomic E-state index is 0.0402. The molecule has 0 spiro atoms. The highest BCUT2D eigenvalue weighted by atomic mass is 32.1. The largest absolute Gasteiger partial charge is 0.474 e. The van der Waals surface area contributed by atoms with Gasteiger partial charge in [0, 0.05) is 19.2 Å². The summed E-state index contributed by atoms with van der Waals surface area (Å²) in [5.41, 5.74) is 2.62. The Kier molecular flexibility index (Phi) is 8.91. The molecule has 0 saturated heterocycles. The van der Waals surface area contributed by atoms with Crippen LogP contribution in [0.25, 0.3) is 0 Å². The fourth-order valence-corrected chi connectivity index (χ4v) is 5.17. The predicted octanol–water partition coefficient (Wildman–Crippen LogP) is 4.64. The zero-order valence-corrected chi connectivity index (χ0v) is 22.6. The Morgan fingerprint density at radius 2 is 1.87 bits per heavy atom. The number of nitrogens with zero attached hydrogens (tertiary/aromatic N) is 1. The van der Waals surface area contributed by atoms with Crippen LogP contribution in [0.1, 0.15) is 52.7 Å². The zero-order chi connectivity index (χ0) is 27.3. The molecule has 3 N–H and O–H groups in total. The van der Waals surface area contributed by atoms with Crippen molar-refractivity contribution in [1.82, 2.24) is 10.6 Å². The summed E-state index contributed by atoms with van der Waals surface area (Å²) in [6.45, 7) is 7.10. The summed E-state index contributed by atoms with van der Waals surface area (Å²) in [5, 5.41) is 19.0. The second-order valence-corrected chi connectivity index (χ2v) is 11.0. The van der Waals surface area contributed by atoms with Crippen LogP contribution in [0.2, 0.25) is 0 Å². The van der Waals surface area contributed by atoms with E-state index in [0.717, 1.165) is 18.1 Å². The highest BCUT2D eigenvalue weighted by Crippen LogP contribution is 2.26. The van der Waals surface area contributed by atoms with Gasteiger partial charge in [-0.15, -0.1) is 11.3 Å². The molecule has 2 atom stereocenters. The van der Waals surface area contributed by atoms with Gasteiger partial charge in [0.25, 0.3) is 5.91 Å². The third-order valence-electron chi connectivity index (χ3n) is 6.31. The molecular formula is C29H33F2N3O3S. The van der Waals surface area contributed by atoms with Crippen LogP contribution in [0.15, 0.2) is 58.9 Å². The monoisotopic (exact) mass is 541 g/mol. The molecule has 0 unspecified atom stereocenters. The number of hydrogen-bond donors (Lipinski definition) is 3. The number of aliphatic hydroxyl groups excluding tert-OH is 1. The van der Waals surface area contributed by atoms with Gasteiger partial charge in [-0.2, -0.15) is 0 Å². The maximum atomic E-state index is 13.9. The van der Waals surface area contributed by atoms with Crippen molar-refractivity contribution in [2.45, 2.75) is 57.8 Å². The summed E-state index contributed by atoms with van der Waals surface area (Å²) in [5.74, 6) is -1.44. The first-order chi connectivity index (χ1) is 18.1. The summed E-state index contributed by atoms with van der Waals surface area (Å²) < 4.78 is 33.5. The lowest BCUT2D eigenvalue weighted by Crippen LogP contribution is -2.48. The summed E-state index contributed by atoms with van der Waals surface area (Å²) in [7, 11) is 0. The molecule has 1 aliphatic heterocycles. The van der Waals surface area contributed by atoms with Gasteiger partial charge in [0.05, 0.1) is 23.2 Å². The van der Waals surface area contributed by atoms with Crippen molar-refractivity contribution in [2.75, 3.05) is 13.2 Å². The summed E-state index contributed by atoms with van der Waals surface area (Å²) in [6, 6.07) is 12.2. The van der Waals surface area contributed by atoms with Gasteiger partial charge in [-0.25, -0.2) is 13.8 Å². The average molecular weight is 542 g/mol. The molecule has 4 rings (SSSR count). The van der Waals surface area contributed by atoms with Crippen LogP contribution >= 0.6 is 11.3 Å². The Hall–Kier alpha value is -3.14. The molecule has 1 amide bonds. The van der Waals surface area contributed by atoms with Gasteiger partial charge >= 0.3 is 0 Å². The number of halogens is 2. The Labute approximate surface area is 225 Å². The normalized spacial score (nSPS) is 16.0. The smallest absolute Gasteiger partial charge is 0.253 e. The number of aryl methyl sites for hydroxylation is 1. The number of aliphatic imine (C=N–C) groups is 1. The van der Waals surface area contributed by atoms with E-state index in [0.29, 0.717) is 35.1 Å². The van der Waals surface area contributed by atoms with Crippen molar-refractivity contribution in [3.8, 4) is 0 Å². The number of rotatable bonds is 11. The highest BCUT2D eigenvalue weighted by molar-refractivity contribution is 7.12. The fraction of sp³-hybridized carbons (Fsp3) is 0.379. The molecular weight excluding hydrogens is 508 g/mol. The third kappa shape index (κ3) is 7.24. The molecule has 0 saturated carbocycles. The number of aliphatic hydroxyl groups is 1. The van der Waals surface area contributed by atoms with Crippen LogP contribution in [0.4, 0.5) is 8.78 Å². The number of nitrogens with one attached hydrogen (secondary N) is 2. The van der Waals surface area contributed by atoms with Crippen LogP contribution in [0.3, 0.4) is 0 Å². The standard InChI is InChI=1S/C29H33F2N3O3S/c1-4-18-6-5-7-19(10-18)15-32-16-25(35)24(13-20-11-21(30)14-22(31)12-20)33-27(36)23-8-9-38-26(23)28-34-29(2,3)17-37-28/h5-12,14,24-25,32,35H,4,13,15-17H2,1-3H3,(H,33,36)/t24-,25-/m0/s1. The van der Waals surface area contributed by atoms with Crippen molar-refractivity contribution in [3.05, 3.63) is 92.7 Å². The average Bonchev–Trinajstić information content (AvgIpc) is 3.49. The maximum absolute atomic E-state index is 13.9. The molecule has 0 aliphatic carbocycles. The van der Waals surface area contributed by atoms with Crippen LogP contribution in [-0.4, -0.2) is 47.7 Å². The lowest BCUT2D eigenvalue weighted by Gasteiger charge is -2.25. The highest BCUT2D eigenvalue weighted by Gasteiger charge is 2.31. The van der Waals surface area contributed by atoms with E-state index in [2.05, 4.69) is 34.7 Å². The number of carbonyl (C=O) groups is 1. The van der Waals surface area contributed by atoms with Gasteiger partial charge in [0.1, 0.15) is 23.1 Å². The van der Waals surface area contributed by atoms with Gasteiger partial charge in [0.15, 0.2) is 0 Å². The summed E-state index contributed by atoms with van der Waals surface area (Å²) in [6.07, 6.45) is -0.0620. The first-order valence-corrected chi connectivity index (χ1v) is 13.5. The molecule has 9 heteroatoms. The van der Waals surface area contributed by atoms with Crippen LogP contribution < -0.4 is 10.6 Å². The van der Waals surface area contributed by atoms with E-state index in [4.69, 9.17) is 4.74 Å². The van der Waals surface area contributed by atoms with Gasteiger partial charge in [-0.1, -0.05) is 31.2 Å². The number of carbonyl (C=O) groups excluding carboxylic acids is 1. The molecule has 38 heavy (non-hydrogen) atoms. The Morgan fingerprint density at radius 3 is 2.55 bits per heavy atom. The lowest BCUT2D eigenvalue weighted by atomic mass is 10.00. The maximum Gasteiger partial charge on any atom is 0.253 e. The van der Waals surface area contributed by atoms with Crippen LogP contribution in [0.5, 0.6) is 0 Å². The Bertz CT molecular complexity index is 1290. The summed E-state index contributed by atoms with van der Waals surface area (Å²) in [4.78, 5) is 18.5. The van der Waals surface area contributed by atoms with E-state index in [1.54, 1.807) is 11.4 Å². The Balaban J connectivity index is 1.49. The molecule has 1 aliphatic rings. The third-order valence-corrected chi connectivity index (χ3v) is 7.21. The molecule has 0 bridgehead atoms. The predicted molar refractivity (Wildman–Crippen MR) is 146 cm³/mol. The van der Waals surface area contributed by atoms with E-state index >= 15 is 0 Å². The zero-order valence-electron chi connectivity index (χ0n) is 21.8. The topological polar surface area (TPSA) is 83.0 Å². The molecule has 1 aromatic heterocycles. The quantitative estimate of drug-likeness (QED) is 0.331. The van der Waals surface area contributed by atoms with E-state index in [-0.39, 0.29) is 18.5 Å². The van der Waals surface area contributed by atoms with E-state index in [1.165, 1.54) is 29.0 Å². The molecule has 3 aromatic rings. The Morgan fingerprint density at radius 1 is 1.13 bits per heavy atom. The minimum Gasteiger partial charge on any atom is -0.474 e. The van der Waals surface area contributed by atoms with Gasteiger partial charge in [-0.3, -0.25) is 4.79 Å². The number of benzene rings is 2. The van der Waals surface area contributed by atoms with Crippen molar-refractivity contribution >= 4 is 23.1 Å². The van der Waals surface area contributed by atoms with E-state index < -0.39 is 29.7 Å². The number of hydrogen-bond acceptors (Lipinski definition) is 6. The first-order valence-electron chi connectivity index (χ1n) is 12.7. The second-order valence-electron chi connectivity index (χ2n) is 10.1. The van der Waals surface area contributed by atoms with Crippen LogP contribution in [0, 0.1) is 11.6 Å². The first kappa shape index (κ1) is 27.9. The molecule has 6 nitrogen and oxygen atoms in total. The van der Waals surface area contributed by atoms with Gasteiger partial charge < -0.3 is 20.5 Å². The summed E-state index contributed by atoms with van der Waals surface area (Å²) >= 11 is 1.34. The molecule has 202 valence electrons. The second kappa shape index (κ2) is 12.1. The van der Waals surface area contributed by atoms with Crippen molar-refractivity contribution < 1.29 is 23.4 Å². The minimum atomic E-state index is -1.03. The molecule has 0 fully saturated rings. The van der Waals surface area contributed by atoms with E-state index in [1.807, 2.05) is 26.0 Å². The van der Waals surface area contributed by atoms with Crippen molar-refractivity contribution in [1.29, 1.82) is 0 Å². The molecule has 0 radical (unpaired) electrons. The van der Waals surface area contributed by atoms with Crippen molar-refractivity contribution in [2.24, 2.45) is 4.99 Å². The lowest BCUT2D eigenvalue weighted by molar-refractivity contribution is 0.0830. The number of ether oxygens (including phenoxy) is 1. The fourth-order valence-electron chi connectivity index (χ4n) is 4.33. The van der Waals surface area contributed by atoms with Crippen molar-refractivity contribution in [3.63, 3.8) is 0 Å². The SMILES string of the molecule is CCc1cccc(CNC[C@H](O)[C@H](Cc2cc(F)cc(F)c2)NC(=O)c2ccsc2C2=NC(C)(C)CO2)c1. The molecule has 2 aromatic carbocycles. The van der Waals surface area contributed by atoms with Crippen LogP contribution in [-0.2, 0) is 24.1 Å². The number of thiophene rings is 1. The molecule has 2 heterocycles. The number of amides is 1. The van der Waals surface area contributed by atoms with E-state index in [9.17, 15) is 18.7 Å². The van der Waals surface area contributed by atoms with Gasteiger partial charge in [-0.05, 0) is 67.0 Å². The van der Waals surface area contributed by atoms with Gasteiger partial charge in [0.2, 0.25) is 5.90 Å².